The summed E-state index contributed by atoms with van der Waals surface area (Å²) in [4.78, 5) is 23.2. The van der Waals surface area contributed by atoms with E-state index >= 15 is 0 Å². The lowest BCUT2D eigenvalue weighted by Gasteiger charge is -2.22. The Bertz CT molecular complexity index is 1200. The Morgan fingerprint density at radius 1 is 1.19 bits per heavy atom. The summed E-state index contributed by atoms with van der Waals surface area (Å²) in [6.45, 7) is -0.405. The number of hydrogen-bond acceptors (Lipinski definition) is 3. The maximum atomic E-state index is 13.2. The maximum Gasteiger partial charge on any atom is 0.416 e. The molecule has 0 saturated carbocycles. The molecule has 0 fully saturated rings. The third-order valence-corrected chi connectivity index (χ3v) is 5.75. The number of hydrogen-bond donors (Lipinski definition) is 2. The predicted octanol–water partition coefficient (Wildman–Crippen LogP) is 4.08. The molecule has 2 aromatic carbocycles. The van der Waals surface area contributed by atoms with Gasteiger partial charge in [0.05, 0.1) is 17.0 Å². The number of amides is 1. The first kappa shape index (κ1) is 21.7. The molecular formula is C23H21F3N2O4. The smallest absolute Gasteiger partial charge is 0.416 e. The molecule has 9 heteroatoms. The average molecular weight is 446 g/mol. The first-order chi connectivity index (χ1) is 15.2. The SMILES string of the molecule is NC(=O)C1CCCc2c1c1c(OCC(=O)O)cccc1n2Cc1cccc(C(F)(F)F)c1. The summed E-state index contributed by atoms with van der Waals surface area (Å²) >= 11 is 0. The lowest BCUT2D eigenvalue weighted by molar-refractivity contribution is -0.139. The van der Waals surface area contributed by atoms with Crippen molar-refractivity contribution in [1.82, 2.24) is 4.57 Å². The van der Waals surface area contributed by atoms with Crippen LogP contribution in [0.4, 0.5) is 13.2 Å². The van der Waals surface area contributed by atoms with E-state index in [-0.39, 0.29) is 6.54 Å². The van der Waals surface area contributed by atoms with E-state index in [0.29, 0.717) is 47.0 Å². The molecule has 1 aliphatic carbocycles. The molecule has 0 aliphatic heterocycles. The Hall–Kier alpha value is -3.49. The molecule has 0 radical (unpaired) electrons. The number of aromatic nitrogens is 1. The van der Waals surface area contributed by atoms with Crippen LogP contribution in [0.15, 0.2) is 42.5 Å². The maximum absolute atomic E-state index is 13.2. The molecule has 4 rings (SSSR count). The van der Waals surface area contributed by atoms with Crippen LogP contribution in [0.1, 0.15) is 41.1 Å². The zero-order chi connectivity index (χ0) is 23.0. The van der Waals surface area contributed by atoms with Crippen LogP contribution >= 0.6 is 0 Å². The van der Waals surface area contributed by atoms with Crippen molar-refractivity contribution in [2.45, 2.75) is 37.9 Å². The van der Waals surface area contributed by atoms with Gasteiger partial charge in [-0.1, -0.05) is 18.2 Å². The van der Waals surface area contributed by atoms with Crippen molar-refractivity contribution < 1.29 is 32.6 Å². The summed E-state index contributed by atoms with van der Waals surface area (Å²) in [5.74, 6) is -1.93. The molecule has 1 atom stereocenters. The molecule has 32 heavy (non-hydrogen) atoms. The van der Waals surface area contributed by atoms with Crippen LogP contribution in [0, 0.1) is 0 Å². The minimum Gasteiger partial charge on any atom is -0.481 e. The minimum atomic E-state index is -4.46. The number of carboxylic acid groups (broad SMARTS) is 1. The highest BCUT2D eigenvalue weighted by Crippen LogP contribution is 2.43. The zero-order valence-corrected chi connectivity index (χ0v) is 17.0. The standard InChI is InChI=1S/C23H21F3N2O4/c24-23(25,26)14-5-1-4-13(10-14)11-28-16-7-2-6-15(22(27)31)20(16)21-17(28)8-3-9-18(21)32-12-19(29)30/h1,3-5,8-10,15H,2,6-7,11-12H2,(H2,27,31)(H,29,30). The van der Waals surface area contributed by atoms with Gasteiger partial charge in [-0.15, -0.1) is 0 Å². The van der Waals surface area contributed by atoms with E-state index in [1.54, 1.807) is 24.3 Å². The number of ether oxygens (including phenoxy) is 1. The number of fused-ring (bicyclic) bond motifs is 3. The van der Waals surface area contributed by atoms with E-state index in [1.165, 1.54) is 6.07 Å². The molecule has 0 saturated heterocycles. The second-order valence-electron chi connectivity index (χ2n) is 7.82. The van der Waals surface area contributed by atoms with Gasteiger partial charge in [-0.05, 0) is 54.7 Å². The van der Waals surface area contributed by atoms with Crippen molar-refractivity contribution in [3.05, 3.63) is 64.8 Å². The number of alkyl halides is 3. The van der Waals surface area contributed by atoms with Gasteiger partial charge in [-0.2, -0.15) is 13.2 Å². The van der Waals surface area contributed by atoms with Crippen LogP contribution in [-0.2, 0) is 28.7 Å². The van der Waals surface area contributed by atoms with Gasteiger partial charge < -0.3 is 20.1 Å². The summed E-state index contributed by atoms with van der Waals surface area (Å²) < 4.78 is 46.9. The topological polar surface area (TPSA) is 94.6 Å². The highest BCUT2D eigenvalue weighted by atomic mass is 19.4. The molecule has 168 valence electrons. The fourth-order valence-corrected chi connectivity index (χ4v) is 4.47. The predicted molar refractivity (Wildman–Crippen MR) is 110 cm³/mol. The van der Waals surface area contributed by atoms with Crippen LogP contribution in [0.25, 0.3) is 10.9 Å². The highest BCUT2D eigenvalue weighted by Gasteiger charge is 2.33. The summed E-state index contributed by atoms with van der Waals surface area (Å²) in [5, 5.41) is 9.60. The third-order valence-electron chi connectivity index (χ3n) is 5.75. The number of primary amides is 1. The number of carboxylic acids is 1. The van der Waals surface area contributed by atoms with E-state index in [9.17, 15) is 22.8 Å². The van der Waals surface area contributed by atoms with Crippen molar-refractivity contribution in [2.75, 3.05) is 6.61 Å². The number of nitrogens with zero attached hydrogens (tertiary/aromatic N) is 1. The van der Waals surface area contributed by atoms with E-state index < -0.39 is 36.1 Å². The van der Waals surface area contributed by atoms with Crippen molar-refractivity contribution in [1.29, 1.82) is 0 Å². The van der Waals surface area contributed by atoms with Gasteiger partial charge in [0.2, 0.25) is 5.91 Å². The number of halogens is 3. The van der Waals surface area contributed by atoms with Gasteiger partial charge in [0.15, 0.2) is 6.61 Å². The monoisotopic (exact) mass is 446 g/mol. The van der Waals surface area contributed by atoms with Gasteiger partial charge in [0, 0.05) is 17.6 Å². The van der Waals surface area contributed by atoms with Crippen molar-refractivity contribution in [2.24, 2.45) is 5.73 Å². The molecule has 1 aromatic heterocycles. The van der Waals surface area contributed by atoms with E-state index in [4.69, 9.17) is 15.6 Å². The molecule has 3 aromatic rings. The first-order valence-electron chi connectivity index (χ1n) is 10.1. The largest absolute Gasteiger partial charge is 0.481 e. The van der Waals surface area contributed by atoms with E-state index in [0.717, 1.165) is 17.8 Å². The molecule has 0 spiro atoms. The lowest BCUT2D eigenvalue weighted by atomic mass is 9.84. The van der Waals surface area contributed by atoms with Gasteiger partial charge in [-0.25, -0.2) is 4.79 Å². The first-order valence-corrected chi connectivity index (χ1v) is 10.1. The summed E-state index contributed by atoms with van der Waals surface area (Å²) in [6, 6.07) is 10.2. The zero-order valence-electron chi connectivity index (χ0n) is 17.0. The molecule has 0 bridgehead atoms. The molecule has 6 nitrogen and oxygen atoms in total. The van der Waals surface area contributed by atoms with Crippen LogP contribution in [0.3, 0.4) is 0 Å². The Morgan fingerprint density at radius 2 is 1.94 bits per heavy atom. The highest BCUT2D eigenvalue weighted by molar-refractivity contribution is 5.97. The molecule has 1 aliphatic rings. The summed E-state index contributed by atoms with van der Waals surface area (Å²) in [7, 11) is 0. The van der Waals surface area contributed by atoms with E-state index in [2.05, 4.69) is 0 Å². The van der Waals surface area contributed by atoms with Crippen LogP contribution < -0.4 is 10.5 Å². The Morgan fingerprint density at radius 3 is 2.62 bits per heavy atom. The fraction of sp³-hybridized carbons (Fsp3) is 0.304. The number of carbonyl (C=O) groups excluding carboxylic acids is 1. The van der Waals surface area contributed by atoms with Crippen molar-refractivity contribution in [3.63, 3.8) is 0 Å². The fourth-order valence-electron chi connectivity index (χ4n) is 4.47. The normalized spacial score (nSPS) is 16.0. The Kier molecular flexibility index (Phi) is 5.58. The quantitative estimate of drug-likeness (QED) is 0.597. The molecule has 1 amide bonds. The number of carbonyl (C=O) groups is 2. The second kappa shape index (κ2) is 8.22. The minimum absolute atomic E-state index is 0.156. The average Bonchev–Trinajstić information content (AvgIpc) is 3.06. The third kappa shape index (κ3) is 4.02. The lowest BCUT2D eigenvalue weighted by Crippen LogP contribution is -2.25. The Balaban J connectivity index is 1.89. The number of aliphatic carboxylic acids is 1. The van der Waals surface area contributed by atoms with Gasteiger partial charge in [0.1, 0.15) is 5.75 Å². The number of benzene rings is 2. The van der Waals surface area contributed by atoms with Gasteiger partial charge in [-0.3, -0.25) is 4.79 Å². The van der Waals surface area contributed by atoms with Crippen molar-refractivity contribution in [3.8, 4) is 5.75 Å². The van der Waals surface area contributed by atoms with Crippen molar-refractivity contribution >= 4 is 22.8 Å². The number of nitrogens with two attached hydrogens (primary N) is 1. The molecular weight excluding hydrogens is 425 g/mol. The van der Waals surface area contributed by atoms with Crippen LogP contribution in [-0.4, -0.2) is 28.2 Å². The molecule has 1 unspecified atom stereocenters. The molecule has 3 N–H and O–H groups in total. The van der Waals surface area contributed by atoms with Crippen LogP contribution in [0.5, 0.6) is 5.75 Å². The second-order valence-corrected chi connectivity index (χ2v) is 7.82. The Labute approximate surface area is 181 Å². The number of rotatable bonds is 6. The summed E-state index contributed by atoms with van der Waals surface area (Å²) in [6.07, 6.45) is -2.60. The molecule has 1 heterocycles. The van der Waals surface area contributed by atoms with Crippen LogP contribution in [0.2, 0.25) is 0 Å². The van der Waals surface area contributed by atoms with Gasteiger partial charge in [0.25, 0.3) is 0 Å². The van der Waals surface area contributed by atoms with Gasteiger partial charge >= 0.3 is 12.1 Å². The summed E-state index contributed by atoms with van der Waals surface area (Å²) in [5.41, 5.74) is 7.52. The van der Waals surface area contributed by atoms with E-state index in [1.807, 2.05) is 4.57 Å².